The summed E-state index contributed by atoms with van der Waals surface area (Å²) in [5.41, 5.74) is 0.561. The van der Waals surface area contributed by atoms with Crippen LogP contribution in [-0.2, 0) is 20.9 Å². The van der Waals surface area contributed by atoms with Crippen molar-refractivity contribution in [3.63, 3.8) is 0 Å². The summed E-state index contributed by atoms with van der Waals surface area (Å²) in [7, 11) is 1.43. The molecule has 37 heavy (non-hydrogen) atoms. The molecule has 0 saturated carbocycles. The highest BCUT2D eigenvalue weighted by atomic mass is 16.6. The summed E-state index contributed by atoms with van der Waals surface area (Å²) in [4.78, 5) is 54.3. The van der Waals surface area contributed by atoms with Gasteiger partial charge in [-0.15, -0.1) is 0 Å². The van der Waals surface area contributed by atoms with Crippen LogP contribution < -0.4 is 0 Å². The molecule has 0 N–H and O–H groups in total. The zero-order valence-electron chi connectivity index (χ0n) is 22.1. The molecule has 1 aliphatic heterocycles. The van der Waals surface area contributed by atoms with E-state index in [-0.39, 0.29) is 30.9 Å². The number of hydrogen-bond acceptors (Lipinski definition) is 6. The number of likely N-dealkylation sites (N-methyl/N-ethyl adjacent to an activating group) is 1. The van der Waals surface area contributed by atoms with E-state index in [1.807, 2.05) is 37.3 Å². The van der Waals surface area contributed by atoms with Gasteiger partial charge in [0.15, 0.2) is 0 Å². The number of benzene rings is 2. The molecule has 3 rings (SSSR count). The molecule has 9 nitrogen and oxygen atoms in total. The summed E-state index contributed by atoms with van der Waals surface area (Å²) < 4.78 is 11.4. The van der Waals surface area contributed by atoms with Gasteiger partial charge in [-0.05, 0) is 44.9 Å². The first-order valence-corrected chi connectivity index (χ1v) is 12.4. The average molecular weight is 510 g/mol. The van der Waals surface area contributed by atoms with Gasteiger partial charge in [-0.1, -0.05) is 55.8 Å². The van der Waals surface area contributed by atoms with Gasteiger partial charge >= 0.3 is 6.09 Å². The molecule has 1 aliphatic rings. The van der Waals surface area contributed by atoms with Gasteiger partial charge in [0.2, 0.25) is 0 Å². The van der Waals surface area contributed by atoms with Crippen molar-refractivity contribution in [1.29, 1.82) is 0 Å². The Hall–Kier alpha value is -3.72. The van der Waals surface area contributed by atoms with Crippen molar-refractivity contribution in [2.75, 3.05) is 20.2 Å². The quantitative estimate of drug-likeness (QED) is 0.370. The standard InChI is InChI=1S/C28H35N3O6/c1-6-7-17-30(27(35)37-28(2,3)4)29(5)26(34)23(19-36-18-20-13-9-8-10-14-20)31-24(32)21-15-11-12-16-22(21)25(31)33/h8-16,23H,6-7,17-19H2,1-5H3/t23-/m0/s1. The summed E-state index contributed by atoms with van der Waals surface area (Å²) >= 11 is 0. The van der Waals surface area contributed by atoms with Gasteiger partial charge in [-0.3, -0.25) is 24.3 Å². The number of imide groups is 1. The molecule has 198 valence electrons. The van der Waals surface area contributed by atoms with E-state index in [0.29, 0.717) is 6.42 Å². The minimum Gasteiger partial charge on any atom is -0.442 e. The lowest BCUT2D eigenvalue weighted by molar-refractivity contribution is -0.151. The first-order chi connectivity index (χ1) is 17.5. The number of hydrazine groups is 1. The first kappa shape index (κ1) is 27.9. The minimum absolute atomic E-state index is 0.184. The lowest BCUT2D eigenvalue weighted by atomic mass is 10.1. The molecule has 0 radical (unpaired) electrons. The zero-order chi connectivity index (χ0) is 27.2. The molecule has 9 heteroatoms. The number of amides is 4. The topological polar surface area (TPSA) is 96.5 Å². The zero-order valence-corrected chi connectivity index (χ0v) is 22.1. The van der Waals surface area contributed by atoms with E-state index >= 15 is 0 Å². The fraction of sp³-hybridized carbons (Fsp3) is 0.429. The molecule has 0 bridgehead atoms. The largest absolute Gasteiger partial charge is 0.442 e. The van der Waals surface area contributed by atoms with Crippen LogP contribution in [0.4, 0.5) is 4.79 Å². The van der Waals surface area contributed by atoms with E-state index in [1.54, 1.807) is 45.0 Å². The Morgan fingerprint density at radius 1 is 0.946 bits per heavy atom. The van der Waals surface area contributed by atoms with Crippen molar-refractivity contribution < 1.29 is 28.7 Å². The number of hydrogen-bond donors (Lipinski definition) is 0. The second-order valence-corrected chi connectivity index (χ2v) is 9.86. The highest BCUT2D eigenvalue weighted by Gasteiger charge is 2.45. The molecular formula is C28H35N3O6. The number of carbonyl (C=O) groups is 4. The maximum absolute atomic E-state index is 13.8. The molecule has 0 aromatic heterocycles. The van der Waals surface area contributed by atoms with Crippen LogP contribution in [0.15, 0.2) is 54.6 Å². The predicted octanol–water partition coefficient (Wildman–Crippen LogP) is 4.28. The van der Waals surface area contributed by atoms with Crippen molar-refractivity contribution in [3.05, 3.63) is 71.3 Å². The van der Waals surface area contributed by atoms with E-state index in [9.17, 15) is 19.2 Å². The number of rotatable bonds is 9. The van der Waals surface area contributed by atoms with E-state index in [2.05, 4.69) is 0 Å². The van der Waals surface area contributed by atoms with Gasteiger partial charge in [-0.2, -0.15) is 0 Å². The Morgan fingerprint density at radius 3 is 2.05 bits per heavy atom. The second kappa shape index (κ2) is 12.0. The smallest absolute Gasteiger partial charge is 0.429 e. The van der Waals surface area contributed by atoms with Gasteiger partial charge in [-0.25, -0.2) is 9.80 Å². The maximum atomic E-state index is 13.8. The van der Waals surface area contributed by atoms with E-state index in [0.717, 1.165) is 21.9 Å². The Morgan fingerprint density at radius 2 is 1.51 bits per heavy atom. The molecule has 0 unspecified atom stereocenters. The third-order valence-electron chi connectivity index (χ3n) is 5.82. The molecule has 2 aromatic rings. The summed E-state index contributed by atoms with van der Waals surface area (Å²) in [6.45, 7) is 7.36. The molecule has 0 spiro atoms. The number of carbonyl (C=O) groups excluding carboxylic acids is 4. The fourth-order valence-corrected chi connectivity index (χ4v) is 3.93. The number of fused-ring (bicyclic) bond motifs is 1. The fourth-order valence-electron chi connectivity index (χ4n) is 3.93. The van der Waals surface area contributed by atoms with Crippen molar-refractivity contribution in [2.24, 2.45) is 0 Å². The van der Waals surface area contributed by atoms with Crippen LogP contribution in [0.1, 0.15) is 66.8 Å². The van der Waals surface area contributed by atoms with Gasteiger partial charge in [0.1, 0.15) is 11.6 Å². The molecule has 4 amide bonds. The van der Waals surface area contributed by atoms with Crippen molar-refractivity contribution >= 4 is 23.8 Å². The predicted molar refractivity (Wildman–Crippen MR) is 137 cm³/mol. The average Bonchev–Trinajstić information content (AvgIpc) is 3.11. The van der Waals surface area contributed by atoms with Crippen molar-refractivity contribution in [2.45, 2.75) is 58.8 Å². The molecule has 1 atom stereocenters. The maximum Gasteiger partial charge on any atom is 0.429 e. The number of unbranched alkanes of at least 4 members (excludes halogenated alkanes) is 1. The van der Waals surface area contributed by atoms with Gasteiger partial charge in [0.25, 0.3) is 17.7 Å². The van der Waals surface area contributed by atoms with Crippen LogP contribution in [0.5, 0.6) is 0 Å². The third kappa shape index (κ3) is 6.74. The summed E-state index contributed by atoms with van der Waals surface area (Å²) in [6, 6.07) is 14.5. The summed E-state index contributed by atoms with van der Waals surface area (Å²) in [6.07, 6.45) is 0.714. The number of ether oxygens (including phenoxy) is 2. The van der Waals surface area contributed by atoms with Gasteiger partial charge in [0.05, 0.1) is 24.3 Å². The lowest BCUT2D eigenvalue weighted by Gasteiger charge is -2.36. The third-order valence-corrected chi connectivity index (χ3v) is 5.82. The second-order valence-electron chi connectivity index (χ2n) is 9.86. The van der Waals surface area contributed by atoms with Crippen LogP contribution >= 0.6 is 0 Å². The van der Waals surface area contributed by atoms with Crippen molar-refractivity contribution in [3.8, 4) is 0 Å². The van der Waals surface area contributed by atoms with Crippen molar-refractivity contribution in [1.82, 2.24) is 14.9 Å². The van der Waals surface area contributed by atoms with Crippen LogP contribution in [-0.4, -0.2) is 70.6 Å². The normalized spacial score (nSPS) is 13.8. The lowest BCUT2D eigenvalue weighted by Crippen LogP contribution is -2.58. The Balaban J connectivity index is 1.89. The molecular weight excluding hydrogens is 474 g/mol. The SMILES string of the molecule is CCCCN(C(=O)OC(C)(C)C)N(C)C(=O)[C@H](COCc1ccccc1)N1C(=O)c2ccccc2C1=O. The first-order valence-electron chi connectivity index (χ1n) is 12.4. The molecule has 0 aliphatic carbocycles. The van der Waals surface area contributed by atoms with Gasteiger partial charge < -0.3 is 9.47 Å². The van der Waals surface area contributed by atoms with Crippen LogP contribution in [0.3, 0.4) is 0 Å². The highest BCUT2D eigenvalue weighted by molar-refractivity contribution is 6.22. The van der Waals surface area contributed by atoms with E-state index in [1.165, 1.54) is 12.1 Å². The monoisotopic (exact) mass is 509 g/mol. The summed E-state index contributed by atoms with van der Waals surface area (Å²) in [5, 5.41) is 2.34. The molecule has 2 aromatic carbocycles. The van der Waals surface area contributed by atoms with Crippen LogP contribution in [0.25, 0.3) is 0 Å². The van der Waals surface area contributed by atoms with Crippen LogP contribution in [0, 0.1) is 0 Å². The highest BCUT2D eigenvalue weighted by Crippen LogP contribution is 2.26. The molecule has 0 fully saturated rings. The summed E-state index contributed by atoms with van der Waals surface area (Å²) in [5.74, 6) is -1.79. The Labute approximate surface area is 217 Å². The van der Waals surface area contributed by atoms with Crippen LogP contribution in [0.2, 0.25) is 0 Å². The Kier molecular flexibility index (Phi) is 9.04. The van der Waals surface area contributed by atoms with E-state index < -0.39 is 35.5 Å². The molecule has 1 heterocycles. The van der Waals surface area contributed by atoms with Gasteiger partial charge in [0, 0.05) is 13.6 Å². The minimum atomic E-state index is -1.28. The number of nitrogens with zero attached hydrogens (tertiary/aromatic N) is 3. The Bertz CT molecular complexity index is 1090. The van der Waals surface area contributed by atoms with E-state index in [4.69, 9.17) is 9.47 Å². The molecule has 0 saturated heterocycles.